The van der Waals surface area contributed by atoms with Crippen LogP contribution in [0.5, 0.6) is 0 Å². The fourth-order valence-electron chi connectivity index (χ4n) is 5.00. The molecule has 2 aromatic carbocycles. The zero-order valence-corrected chi connectivity index (χ0v) is 22.1. The monoisotopic (exact) mass is 540 g/mol. The van der Waals surface area contributed by atoms with Gasteiger partial charge in [0, 0.05) is 61.8 Å². The highest BCUT2D eigenvalue weighted by Gasteiger charge is 2.29. The molecule has 11 heteroatoms. The Morgan fingerprint density at radius 2 is 1.64 bits per heavy atom. The van der Waals surface area contributed by atoms with Crippen molar-refractivity contribution in [2.24, 2.45) is 0 Å². The van der Waals surface area contributed by atoms with Gasteiger partial charge in [-0.25, -0.2) is 23.1 Å². The van der Waals surface area contributed by atoms with Crippen molar-refractivity contribution in [2.45, 2.75) is 25.9 Å². The first-order chi connectivity index (χ1) is 18.7. The van der Waals surface area contributed by atoms with Crippen LogP contribution in [-0.2, 0) is 4.74 Å². The van der Waals surface area contributed by atoms with Crippen LogP contribution < -0.4 is 15.1 Å². The molecule has 0 aliphatic carbocycles. The number of benzene rings is 2. The molecule has 0 spiro atoms. The highest BCUT2D eigenvalue weighted by molar-refractivity contribution is 6.06. The van der Waals surface area contributed by atoms with Crippen LogP contribution in [0.25, 0.3) is 11.1 Å². The van der Waals surface area contributed by atoms with Gasteiger partial charge in [-0.2, -0.15) is 0 Å². The Hall–Kier alpha value is -3.70. The first kappa shape index (κ1) is 26.9. The van der Waals surface area contributed by atoms with Crippen molar-refractivity contribution in [3.05, 3.63) is 65.7 Å². The number of piperazine rings is 1. The summed E-state index contributed by atoms with van der Waals surface area (Å²) in [6.07, 6.45) is 3.07. The zero-order chi connectivity index (χ0) is 27.7. The van der Waals surface area contributed by atoms with Gasteiger partial charge in [-0.15, -0.1) is 0 Å². The number of halogens is 3. The van der Waals surface area contributed by atoms with Crippen LogP contribution >= 0.6 is 0 Å². The molecule has 0 radical (unpaired) electrons. The van der Waals surface area contributed by atoms with Crippen LogP contribution in [0.15, 0.2) is 42.7 Å². The molecule has 5 rings (SSSR count). The number of aromatic nitrogens is 2. The van der Waals surface area contributed by atoms with Crippen molar-refractivity contribution in [2.75, 3.05) is 61.6 Å². The van der Waals surface area contributed by atoms with Crippen molar-refractivity contribution in [1.29, 1.82) is 0 Å². The lowest BCUT2D eigenvalue weighted by Gasteiger charge is -2.44. The van der Waals surface area contributed by atoms with Crippen molar-refractivity contribution in [3.8, 4) is 11.1 Å². The number of carbonyl (C=O) groups is 1. The molecule has 0 bridgehead atoms. The van der Waals surface area contributed by atoms with Crippen LogP contribution in [-0.4, -0.2) is 79.3 Å². The topological polar surface area (TPSA) is 73.8 Å². The van der Waals surface area contributed by atoms with E-state index in [-0.39, 0.29) is 23.3 Å². The largest absolute Gasteiger partial charge is 0.378 e. The highest BCUT2D eigenvalue weighted by atomic mass is 19.2. The van der Waals surface area contributed by atoms with Gasteiger partial charge in [-0.05, 0) is 45.2 Å². The number of likely N-dealkylation sites (N-methyl/N-ethyl adjacent to an activating group) is 1. The predicted octanol–water partition coefficient (Wildman–Crippen LogP) is 4.18. The molecule has 39 heavy (non-hydrogen) atoms. The second-order valence-electron chi connectivity index (χ2n) is 10.0. The minimum absolute atomic E-state index is 0.168. The third-order valence-corrected chi connectivity index (χ3v) is 7.47. The van der Waals surface area contributed by atoms with Crippen molar-refractivity contribution in [1.82, 2.24) is 14.9 Å². The maximum atomic E-state index is 15.6. The summed E-state index contributed by atoms with van der Waals surface area (Å²) in [6.45, 7) is 7.82. The Labute approximate surface area is 225 Å². The molecule has 206 valence electrons. The molecule has 2 aliphatic rings. The maximum absolute atomic E-state index is 15.6. The SMILES string of the molecule is C[C@@H]1CN(c2cc(F)c(-c3cnc(N4CCOCC4)nc3)cc2NC(=O)c2cccc(F)c2F)C[C@H](C)N1C. The summed E-state index contributed by atoms with van der Waals surface area (Å²) >= 11 is 0. The molecule has 2 saturated heterocycles. The molecular weight excluding hydrogens is 509 g/mol. The summed E-state index contributed by atoms with van der Waals surface area (Å²) < 4.78 is 49.3. The molecule has 8 nitrogen and oxygen atoms in total. The van der Waals surface area contributed by atoms with Gasteiger partial charge in [-0.3, -0.25) is 9.69 Å². The number of amides is 1. The molecule has 3 aromatic rings. The van der Waals surface area contributed by atoms with E-state index in [1.807, 2.05) is 16.8 Å². The number of rotatable bonds is 5. The number of morpholine rings is 1. The van der Waals surface area contributed by atoms with E-state index >= 15 is 4.39 Å². The fraction of sp³-hybridized carbons (Fsp3) is 0.393. The van der Waals surface area contributed by atoms with E-state index in [9.17, 15) is 13.6 Å². The second kappa shape index (κ2) is 11.2. The molecule has 3 heterocycles. The summed E-state index contributed by atoms with van der Waals surface area (Å²) in [7, 11) is 2.03. The molecular formula is C28H31F3N6O2. The number of anilines is 3. The molecule has 2 fully saturated rings. The number of hydrogen-bond donors (Lipinski definition) is 1. The Morgan fingerprint density at radius 1 is 0.974 bits per heavy atom. The Balaban J connectivity index is 1.52. The zero-order valence-electron chi connectivity index (χ0n) is 22.1. The number of nitrogens with one attached hydrogen (secondary N) is 1. The van der Waals surface area contributed by atoms with E-state index in [4.69, 9.17) is 4.74 Å². The van der Waals surface area contributed by atoms with Gasteiger partial charge in [0.15, 0.2) is 11.6 Å². The van der Waals surface area contributed by atoms with Gasteiger partial charge in [-0.1, -0.05) is 6.07 Å². The quantitative estimate of drug-likeness (QED) is 0.521. The lowest BCUT2D eigenvalue weighted by molar-refractivity contribution is 0.102. The number of hydrogen-bond acceptors (Lipinski definition) is 7. The Morgan fingerprint density at radius 3 is 2.31 bits per heavy atom. The van der Waals surface area contributed by atoms with Gasteiger partial charge in [0.2, 0.25) is 5.95 Å². The molecule has 1 aromatic heterocycles. The summed E-state index contributed by atoms with van der Waals surface area (Å²) in [6, 6.07) is 6.62. The van der Waals surface area contributed by atoms with E-state index < -0.39 is 28.9 Å². The summed E-state index contributed by atoms with van der Waals surface area (Å²) in [5.41, 5.74) is 0.895. The van der Waals surface area contributed by atoms with E-state index in [0.717, 1.165) is 6.07 Å². The van der Waals surface area contributed by atoms with E-state index in [1.165, 1.54) is 36.7 Å². The average Bonchev–Trinajstić information content (AvgIpc) is 2.94. The van der Waals surface area contributed by atoms with Crippen LogP contribution in [0.2, 0.25) is 0 Å². The Bertz CT molecular complexity index is 1340. The molecule has 1 amide bonds. The van der Waals surface area contributed by atoms with Crippen LogP contribution in [0.4, 0.5) is 30.5 Å². The minimum Gasteiger partial charge on any atom is -0.378 e. The number of nitrogens with zero attached hydrogens (tertiary/aromatic N) is 5. The molecule has 0 unspecified atom stereocenters. The summed E-state index contributed by atoms with van der Waals surface area (Å²) in [4.78, 5) is 28.1. The molecule has 2 aliphatic heterocycles. The van der Waals surface area contributed by atoms with E-state index in [2.05, 4.69) is 34.0 Å². The molecule has 1 N–H and O–H groups in total. The molecule has 0 saturated carbocycles. The van der Waals surface area contributed by atoms with Gasteiger partial charge in [0.25, 0.3) is 5.91 Å². The predicted molar refractivity (Wildman–Crippen MR) is 144 cm³/mol. The van der Waals surface area contributed by atoms with Gasteiger partial charge in [0.05, 0.1) is 30.2 Å². The lowest BCUT2D eigenvalue weighted by atomic mass is 10.0. The number of ether oxygens (including phenoxy) is 1. The highest BCUT2D eigenvalue weighted by Crippen LogP contribution is 2.36. The smallest absolute Gasteiger partial charge is 0.258 e. The minimum atomic E-state index is -1.24. The first-order valence-corrected chi connectivity index (χ1v) is 12.9. The van der Waals surface area contributed by atoms with Crippen molar-refractivity contribution in [3.63, 3.8) is 0 Å². The fourth-order valence-corrected chi connectivity index (χ4v) is 5.00. The van der Waals surface area contributed by atoms with E-state index in [1.54, 1.807) is 0 Å². The normalized spacial score (nSPS) is 20.3. The third-order valence-electron chi connectivity index (χ3n) is 7.47. The molecule has 2 atom stereocenters. The van der Waals surface area contributed by atoms with Gasteiger partial charge in [0.1, 0.15) is 5.82 Å². The van der Waals surface area contributed by atoms with E-state index in [0.29, 0.717) is 56.6 Å². The van der Waals surface area contributed by atoms with Crippen molar-refractivity contribution < 1.29 is 22.7 Å². The maximum Gasteiger partial charge on any atom is 0.258 e. The van der Waals surface area contributed by atoms with Crippen LogP contribution in [0.3, 0.4) is 0 Å². The van der Waals surface area contributed by atoms with Crippen LogP contribution in [0.1, 0.15) is 24.2 Å². The van der Waals surface area contributed by atoms with Gasteiger partial charge < -0.3 is 19.9 Å². The third kappa shape index (κ3) is 5.55. The standard InChI is InChI=1S/C28H31F3N6O2/c1-17-15-37(16-18(2)35(17)3)25-12-23(30)21(19-13-32-28(33-14-19)36-7-9-39-10-8-36)11-24(25)34-27(38)20-5-4-6-22(29)26(20)31/h4-6,11-14,17-18H,7-10,15-16H2,1-3H3,(H,34,38)/t17-,18+. The average molecular weight is 541 g/mol. The second-order valence-corrected chi connectivity index (χ2v) is 10.0. The van der Waals surface area contributed by atoms with Gasteiger partial charge >= 0.3 is 0 Å². The van der Waals surface area contributed by atoms with Crippen LogP contribution in [0, 0.1) is 17.5 Å². The summed E-state index contributed by atoms with van der Waals surface area (Å²) in [5.74, 6) is -3.19. The summed E-state index contributed by atoms with van der Waals surface area (Å²) in [5, 5.41) is 2.70. The first-order valence-electron chi connectivity index (χ1n) is 12.9. The Kier molecular flexibility index (Phi) is 7.72. The van der Waals surface area contributed by atoms with Crippen molar-refractivity contribution >= 4 is 23.2 Å². The lowest BCUT2D eigenvalue weighted by Crippen LogP contribution is -2.55. The number of carbonyl (C=O) groups excluding carboxylic acids is 1.